The lowest BCUT2D eigenvalue weighted by Gasteiger charge is -2.03. The summed E-state index contributed by atoms with van der Waals surface area (Å²) in [4.78, 5) is 0. The maximum atomic E-state index is 12.4. The largest absolute Gasteiger partial charge is 0.507 e. The number of hydrogen-bond donors (Lipinski definition) is 2. The molecule has 2 aromatic rings. The van der Waals surface area contributed by atoms with Crippen molar-refractivity contribution in [1.82, 2.24) is 0 Å². The van der Waals surface area contributed by atoms with Crippen LogP contribution in [0.4, 0.5) is 14.5 Å². The molecule has 14 heavy (non-hydrogen) atoms. The summed E-state index contributed by atoms with van der Waals surface area (Å²) in [7, 11) is 0. The molecule has 2 nitrogen and oxygen atoms in total. The summed E-state index contributed by atoms with van der Waals surface area (Å²) in [5.74, 6) is -0.380. The molecule has 0 aliphatic heterocycles. The number of hydrogen-bond acceptors (Lipinski definition) is 3. The molecule has 0 saturated carbocycles. The van der Waals surface area contributed by atoms with Crippen LogP contribution < -0.4 is 5.73 Å². The van der Waals surface area contributed by atoms with E-state index in [9.17, 15) is 13.9 Å². The van der Waals surface area contributed by atoms with E-state index in [0.29, 0.717) is 15.8 Å². The number of aromatic hydroxyl groups is 1. The molecule has 3 N–H and O–H groups in total. The summed E-state index contributed by atoms with van der Waals surface area (Å²) >= 11 is 1.32. The van der Waals surface area contributed by atoms with E-state index in [1.165, 1.54) is 23.5 Å². The van der Waals surface area contributed by atoms with Crippen LogP contribution in [0.25, 0.3) is 10.1 Å². The zero-order chi connectivity index (χ0) is 10.3. The number of alkyl halides is 2. The van der Waals surface area contributed by atoms with E-state index in [-0.39, 0.29) is 11.3 Å². The zero-order valence-electron chi connectivity index (χ0n) is 7.00. The average molecular weight is 215 g/mol. The van der Waals surface area contributed by atoms with Crippen LogP contribution in [0.2, 0.25) is 0 Å². The molecule has 0 amide bonds. The van der Waals surface area contributed by atoms with Gasteiger partial charge in [-0.3, -0.25) is 0 Å². The number of fused-ring (bicyclic) bond motifs is 1. The number of rotatable bonds is 1. The van der Waals surface area contributed by atoms with Crippen LogP contribution in [0.1, 0.15) is 12.0 Å². The Morgan fingerprint density at radius 1 is 1.36 bits per heavy atom. The van der Waals surface area contributed by atoms with Crippen LogP contribution in [-0.4, -0.2) is 5.11 Å². The second-order valence-corrected chi connectivity index (χ2v) is 3.81. The Hall–Kier alpha value is -1.36. The van der Waals surface area contributed by atoms with Gasteiger partial charge in [0, 0.05) is 15.5 Å². The van der Waals surface area contributed by atoms with Crippen molar-refractivity contribution in [3.63, 3.8) is 0 Å². The highest BCUT2D eigenvalue weighted by atomic mass is 32.1. The van der Waals surface area contributed by atoms with Gasteiger partial charge in [-0.25, -0.2) is 8.78 Å². The Bertz CT molecular complexity index is 481. The molecule has 0 atom stereocenters. The molecular weight excluding hydrogens is 208 g/mol. The van der Waals surface area contributed by atoms with Gasteiger partial charge in [0.15, 0.2) is 0 Å². The minimum absolute atomic E-state index is 0.373. The SMILES string of the molecule is Nc1csc2cc(O)c(C(F)F)cc12. The van der Waals surface area contributed by atoms with Crippen molar-refractivity contribution in [1.29, 1.82) is 0 Å². The predicted octanol–water partition coefficient (Wildman–Crippen LogP) is 3.13. The molecule has 1 heterocycles. The third kappa shape index (κ3) is 1.29. The van der Waals surface area contributed by atoms with Gasteiger partial charge in [0.05, 0.1) is 11.3 Å². The minimum atomic E-state index is -2.68. The van der Waals surface area contributed by atoms with E-state index in [1.54, 1.807) is 5.38 Å². The van der Waals surface area contributed by atoms with E-state index in [1.807, 2.05) is 0 Å². The van der Waals surface area contributed by atoms with Crippen LogP contribution in [0.5, 0.6) is 5.75 Å². The predicted molar refractivity (Wildman–Crippen MR) is 52.9 cm³/mol. The van der Waals surface area contributed by atoms with Crippen molar-refractivity contribution in [3.05, 3.63) is 23.1 Å². The summed E-state index contributed by atoms with van der Waals surface area (Å²) in [6.07, 6.45) is -2.68. The monoisotopic (exact) mass is 215 g/mol. The molecular formula is C9H7F2NOS. The fourth-order valence-corrected chi connectivity index (χ4v) is 2.14. The number of phenolic OH excluding ortho intramolecular Hbond substituents is 1. The van der Waals surface area contributed by atoms with E-state index in [4.69, 9.17) is 5.73 Å². The summed E-state index contributed by atoms with van der Waals surface area (Å²) in [5.41, 5.74) is 5.67. The molecule has 74 valence electrons. The number of nitrogen functional groups attached to an aromatic ring is 1. The van der Waals surface area contributed by atoms with Crippen molar-refractivity contribution in [2.24, 2.45) is 0 Å². The van der Waals surface area contributed by atoms with E-state index in [2.05, 4.69) is 0 Å². The molecule has 5 heteroatoms. The van der Waals surface area contributed by atoms with Crippen LogP contribution >= 0.6 is 11.3 Å². The lowest BCUT2D eigenvalue weighted by molar-refractivity contribution is 0.147. The standard InChI is InChI=1S/C9H7F2NOS/c10-9(11)5-1-4-6(12)3-14-8(4)2-7(5)13/h1-3,9,13H,12H2. The van der Waals surface area contributed by atoms with E-state index in [0.717, 1.165) is 0 Å². The van der Waals surface area contributed by atoms with Gasteiger partial charge in [-0.15, -0.1) is 11.3 Å². The maximum absolute atomic E-state index is 12.4. The first-order valence-corrected chi connectivity index (χ1v) is 4.75. The van der Waals surface area contributed by atoms with Crippen LogP contribution in [0, 0.1) is 0 Å². The highest BCUT2D eigenvalue weighted by Gasteiger charge is 2.15. The van der Waals surface area contributed by atoms with Crippen molar-refractivity contribution in [2.45, 2.75) is 6.43 Å². The molecule has 0 bridgehead atoms. The average Bonchev–Trinajstić information content (AvgIpc) is 2.46. The number of nitrogens with two attached hydrogens (primary N) is 1. The molecule has 2 rings (SSSR count). The van der Waals surface area contributed by atoms with Gasteiger partial charge >= 0.3 is 0 Å². The van der Waals surface area contributed by atoms with Crippen LogP contribution in [0.15, 0.2) is 17.5 Å². The Morgan fingerprint density at radius 3 is 2.71 bits per heavy atom. The number of phenols is 1. The normalized spacial score (nSPS) is 11.4. The number of benzene rings is 1. The topological polar surface area (TPSA) is 46.2 Å². The quantitative estimate of drug-likeness (QED) is 0.767. The number of anilines is 1. The first-order valence-electron chi connectivity index (χ1n) is 3.87. The maximum Gasteiger partial charge on any atom is 0.267 e. The van der Waals surface area contributed by atoms with Crippen molar-refractivity contribution in [3.8, 4) is 5.75 Å². The second-order valence-electron chi connectivity index (χ2n) is 2.90. The lowest BCUT2D eigenvalue weighted by atomic mass is 10.1. The Kier molecular flexibility index (Phi) is 2.03. The number of halogens is 2. The van der Waals surface area contributed by atoms with E-state index < -0.39 is 6.43 Å². The Morgan fingerprint density at radius 2 is 2.07 bits per heavy atom. The fraction of sp³-hybridized carbons (Fsp3) is 0.111. The molecule has 0 saturated heterocycles. The van der Waals surface area contributed by atoms with Gasteiger partial charge in [-0.2, -0.15) is 0 Å². The van der Waals surface area contributed by atoms with Crippen LogP contribution in [0.3, 0.4) is 0 Å². The molecule has 0 fully saturated rings. The Labute approximate surface area is 82.6 Å². The molecule has 0 radical (unpaired) electrons. The van der Waals surface area contributed by atoms with Crippen molar-refractivity contribution in [2.75, 3.05) is 5.73 Å². The molecule has 0 aliphatic carbocycles. The first-order chi connectivity index (χ1) is 6.59. The summed E-state index contributed by atoms with van der Waals surface area (Å²) in [6, 6.07) is 2.55. The molecule has 1 aromatic carbocycles. The second kappa shape index (κ2) is 3.09. The van der Waals surface area contributed by atoms with Crippen LogP contribution in [-0.2, 0) is 0 Å². The smallest absolute Gasteiger partial charge is 0.267 e. The first kappa shape index (κ1) is 9.21. The van der Waals surface area contributed by atoms with E-state index >= 15 is 0 Å². The zero-order valence-corrected chi connectivity index (χ0v) is 7.81. The Balaban J connectivity index is 2.74. The van der Waals surface area contributed by atoms with Crippen molar-refractivity contribution < 1.29 is 13.9 Å². The van der Waals surface area contributed by atoms with Gasteiger partial charge < -0.3 is 10.8 Å². The fourth-order valence-electron chi connectivity index (χ4n) is 1.27. The lowest BCUT2D eigenvalue weighted by Crippen LogP contribution is -1.86. The number of thiophene rings is 1. The molecule has 0 spiro atoms. The third-order valence-corrected chi connectivity index (χ3v) is 2.95. The van der Waals surface area contributed by atoms with Gasteiger partial charge in [0.1, 0.15) is 5.75 Å². The summed E-state index contributed by atoms with van der Waals surface area (Å²) in [6.45, 7) is 0. The minimum Gasteiger partial charge on any atom is -0.507 e. The van der Waals surface area contributed by atoms with Gasteiger partial charge in [0.2, 0.25) is 0 Å². The third-order valence-electron chi connectivity index (χ3n) is 1.99. The van der Waals surface area contributed by atoms with Gasteiger partial charge in [0.25, 0.3) is 6.43 Å². The van der Waals surface area contributed by atoms with Gasteiger partial charge in [-0.1, -0.05) is 0 Å². The summed E-state index contributed by atoms with van der Waals surface area (Å²) < 4.78 is 25.5. The molecule has 0 unspecified atom stereocenters. The molecule has 0 aliphatic rings. The molecule has 1 aromatic heterocycles. The summed E-state index contributed by atoms with van der Waals surface area (Å²) in [5, 5.41) is 11.5. The van der Waals surface area contributed by atoms with Crippen molar-refractivity contribution >= 4 is 27.1 Å². The highest BCUT2D eigenvalue weighted by molar-refractivity contribution is 7.17. The van der Waals surface area contributed by atoms with Gasteiger partial charge in [-0.05, 0) is 12.1 Å². The highest BCUT2D eigenvalue weighted by Crippen LogP contribution is 2.37.